The van der Waals surface area contributed by atoms with Crippen molar-refractivity contribution in [1.82, 2.24) is 5.16 Å². The zero-order valence-corrected chi connectivity index (χ0v) is 11.3. The summed E-state index contributed by atoms with van der Waals surface area (Å²) < 4.78 is 30.9. The molecule has 0 spiro atoms. The number of rotatable bonds is 5. The number of carboxylic acids is 1. The van der Waals surface area contributed by atoms with Gasteiger partial charge in [-0.05, 0) is 24.6 Å². The van der Waals surface area contributed by atoms with E-state index in [0.717, 1.165) is 0 Å². The summed E-state index contributed by atoms with van der Waals surface area (Å²) in [4.78, 5) is 10.8. The van der Waals surface area contributed by atoms with Crippen molar-refractivity contribution in [2.45, 2.75) is 12.7 Å². The van der Waals surface area contributed by atoms with Crippen molar-refractivity contribution in [3.8, 4) is 0 Å². The predicted octanol–water partition coefficient (Wildman–Crippen LogP) is 1.62. The number of nitrogens with one attached hydrogen (secondary N) is 1. The van der Waals surface area contributed by atoms with Crippen LogP contribution in [-0.2, 0) is 15.8 Å². The van der Waals surface area contributed by atoms with Crippen molar-refractivity contribution in [2.75, 3.05) is 4.72 Å². The minimum absolute atomic E-state index is 0.0370. The lowest BCUT2D eigenvalue weighted by molar-refractivity contribution is 0.0696. The number of aromatic nitrogens is 1. The van der Waals surface area contributed by atoms with Crippen molar-refractivity contribution < 1.29 is 22.8 Å². The summed E-state index contributed by atoms with van der Waals surface area (Å²) in [6.07, 6.45) is 0. The number of benzene rings is 1. The Hall–Kier alpha value is -2.35. The van der Waals surface area contributed by atoms with E-state index in [4.69, 9.17) is 9.63 Å². The topological polar surface area (TPSA) is 110 Å². The summed E-state index contributed by atoms with van der Waals surface area (Å²) in [5.74, 6) is -0.878. The highest BCUT2D eigenvalue weighted by Gasteiger charge is 2.15. The zero-order chi connectivity index (χ0) is 14.8. The molecular formula is C12H12N2O5S. The molecule has 0 saturated heterocycles. The average molecular weight is 296 g/mol. The van der Waals surface area contributed by atoms with Gasteiger partial charge in [-0.1, -0.05) is 17.3 Å². The fourth-order valence-corrected chi connectivity index (χ4v) is 2.73. The molecule has 0 aliphatic rings. The maximum atomic E-state index is 11.9. The fraction of sp³-hybridized carbons (Fsp3) is 0.167. The summed E-state index contributed by atoms with van der Waals surface area (Å²) in [5.41, 5.74) is 0.410. The van der Waals surface area contributed by atoms with Crippen molar-refractivity contribution in [3.63, 3.8) is 0 Å². The molecule has 20 heavy (non-hydrogen) atoms. The van der Waals surface area contributed by atoms with Crippen LogP contribution in [0.15, 0.2) is 34.9 Å². The molecule has 0 aliphatic carbocycles. The number of aromatic carboxylic acids is 1. The second kappa shape index (κ2) is 5.33. The van der Waals surface area contributed by atoms with Crippen LogP contribution < -0.4 is 4.72 Å². The number of sulfonamides is 1. The fourth-order valence-electron chi connectivity index (χ4n) is 1.62. The van der Waals surface area contributed by atoms with E-state index in [1.54, 1.807) is 13.0 Å². The number of hydrogen-bond donors (Lipinski definition) is 2. The van der Waals surface area contributed by atoms with Crippen molar-refractivity contribution in [2.24, 2.45) is 0 Å². The Balaban J connectivity index is 2.15. The van der Waals surface area contributed by atoms with Crippen LogP contribution in [-0.4, -0.2) is 24.7 Å². The standard InChI is InChI=1S/C12H12N2O5S/c1-8-5-11(13-19-8)14-20(17,18)7-9-3-2-4-10(6-9)12(15)16/h2-6H,7H2,1H3,(H,13,14)(H,15,16). The first-order valence-corrected chi connectivity index (χ1v) is 7.27. The first-order valence-electron chi connectivity index (χ1n) is 5.62. The first-order chi connectivity index (χ1) is 9.35. The van der Waals surface area contributed by atoms with Gasteiger partial charge in [0.25, 0.3) is 0 Å². The van der Waals surface area contributed by atoms with Crippen molar-refractivity contribution >= 4 is 21.8 Å². The molecule has 2 aromatic rings. The van der Waals surface area contributed by atoms with Crippen LogP contribution in [0.4, 0.5) is 5.82 Å². The average Bonchev–Trinajstić information content (AvgIpc) is 2.73. The van der Waals surface area contributed by atoms with E-state index >= 15 is 0 Å². The maximum absolute atomic E-state index is 11.9. The monoisotopic (exact) mass is 296 g/mol. The molecule has 0 unspecified atom stereocenters. The Kier molecular flexibility index (Phi) is 3.75. The summed E-state index contributed by atoms with van der Waals surface area (Å²) in [7, 11) is -3.68. The minimum Gasteiger partial charge on any atom is -0.478 e. The number of anilines is 1. The second-order valence-electron chi connectivity index (χ2n) is 4.19. The minimum atomic E-state index is -3.68. The molecule has 8 heteroatoms. The van der Waals surface area contributed by atoms with E-state index in [1.807, 2.05) is 0 Å². The summed E-state index contributed by atoms with van der Waals surface area (Å²) in [5, 5.41) is 12.4. The van der Waals surface area contributed by atoms with Crippen LogP contribution in [0.2, 0.25) is 0 Å². The molecule has 0 atom stereocenters. The Morgan fingerprint density at radius 1 is 1.40 bits per heavy atom. The number of aryl methyl sites for hydroxylation is 1. The highest BCUT2D eigenvalue weighted by molar-refractivity contribution is 7.91. The van der Waals surface area contributed by atoms with E-state index in [-0.39, 0.29) is 17.1 Å². The van der Waals surface area contributed by atoms with Crippen molar-refractivity contribution in [3.05, 3.63) is 47.2 Å². The SMILES string of the molecule is Cc1cc(NS(=O)(=O)Cc2cccc(C(=O)O)c2)no1. The van der Waals surface area contributed by atoms with Gasteiger partial charge in [-0.25, -0.2) is 13.2 Å². The molecule has 2 rings (SSSR count). The van der Waals surface area contributed by atoms with Crippen LogP contribution in [0.3, 0.4) is 0 Å². The van der Waals surface area contributed by atoms with Crippen LogP contribution >= 0.6 is 0 Å². The van der Waals surface area contributed by atoms with E-state index in [9.17, 15) is 13.2 Å². The first kappa shape index (κ1) is 14.1. The van der Waals surface area contributed by atoms with Gasteiger partial charge in [0.15, 0.2) is 5.82 Å². The second-order valence-corrected chi connectivity index (χ2v) is 5.91. The van der Waals surface area contributed by atoms with Gasteiger partial charge in [-0.15, -0.1) is 0 Å². The molecule has 0 saturated carbocycles. The van der Waals surface area contributed by atoms with Crippen molar-refractivity contribution in [1.29, 1.82) is 0 Å². The molecule has 0 fully saturated rings. The number of carbonyl (C=O) groups is 1. The van der Waals surface area contributed by atoms with E-state index in [2.05, 4.69) is 9.88 Å². The lowest BCUT2D eigenvalue weighted by Gasteiger charge is -2.05. The van der Waals surface area contributed by atoms with E-state index in [1.165, 1.54) is 24.3 Å². The Morgan fingerprint density at radius 2 is 2.15 bits per heavy atom. The number of nitrogens with zero attached hydrogens (tertiary/aromatic N) is 1. The van der Waals surface area contributed by atoms with Gasteiger partial charge in [-0.3, -0.25) is 4.72 Å². The summed E-state index contributed by atoms with van der Waals surface area (Å²) in [6.45, 7) is 1.64. The third kappa shape index (κ3) is 3.58. The predicted molar refractivity (Wildman–Crippen MR) is 70.9 cm³/mol. The molecule has 0 bridgehead atoms. The molecule has 0 aliphatic heterocycles. The molecule has 2 N–H and O–H groups in total. The lowest BCUT2D eigenvalue weighted by atomic mass is 10.1. The lowest BCUT2D eigenvalue weighted by Crippen LogP contribution is -2.15. The largest absolute Gasteiger partial charge is 0.478 e. The van der Waals surface area contributed by atoms with Gasteiger partial charge < -0.3 is 9.63 Å². The Labute approximate surface area is 115 Å². The normalized spacial score (nSPS) is 11.2. The molecule has 7 nitrogen and oxygen atoms in total. The highest BCUT2D eigenvalue weighted by Crippen LogP contribution is 2.14. The zero-order valence-electron chi connectivity index (χ0n) is 10.5. The van der Waals surface area contributed by atoms with Gasteiger partial charge in [0.2, 0.25) is 10.0 Å². The van der Waals surface area contributed by atoms with Gasteiger partial charge >= 0.3 is 5.97 Å². The Bertz CT molecular complexity index is 736. The molecule has 1 heterocycles. The van der Waals surface area contributed by atoms with Crippen LogP contribution in [0.25, 0.3) is 0 Å². The molecule has 106 valence electrons. The van der Waals surface area contributed by atoms with Gasteiger partial charge in [-0.2, -0.15) is 0 Å². The molecule has 0 radical (unpaired) electrons. The maximum Gasteiger partial charge on any atom is 0.335 e. The van der Waals surface area contributed by atoms with Crippen LogP contribution in [0, 0.1) is 6.92 Å². The third-order valence-electron chi connectivity index (χ3n) is 2.42. The summed E-state index contributed by atoms with van der Waals surface area (Å²) >= 11 is 0. The summed E-state index contributed by atoms with van der Waals surface area (Å²) in [6, 6.07) is 7.20. The number of carboxylic acid groups (broad SMARTS) is 1. The number of hydrogen-bond acceptors (Lipinski definition) is 5. The highest BCUT2D eigenvalue weighted by atomic mass is 32.2. The molecule has 0 amide bonds. The quantitative estimate of drug-likeness (QED) is 0.867. The van der Waals surface area contributed by atoms with Gasteiger partial charge in [0, 0.05) is 6.07 Å². The van der Waals surface area contributed by atoms with Gasteiger partial charge in [0.05, 0.1) is 11.3 Å². The van der Waals surface area contributed by atoms with E-state index < -0.39 is 16.0 Å². The molecular weight excluding hydrogens is 284 g/mol. The molecule has 1 aromatic carbocycles. The third-order valence-corrected chi connectivity index (χ3v) is 3.65. The smallest absolute Gasteiger partial charge is 0.335 e. The van der Waals surface area contributed by atoms with E-state index in [0.29, 0.717) is 11.3 Å². The van der Waals surface area contributed by atoms with Crippen LogP contribution in [0.1, 0.15) is 21.7 Å². The molecule has 1 aromatic heterocycles. The Morgan fingerprint density at radius 3 is 2.75 bits per heavy atom. The van der Waals surface area contributed by atoms with Crippen LogP contribution in [0.5, 0.6) is 0 Å². The van der Waals surface area contributed by atoms with Gasteiger partial charge in [0.1, 0.15) is 5.76 Å².